The number of carbonyl (C=O) groups is 3. The molecule has 1 spiro atoms. The maximum atomic E-state index is 12.8. The molecule has 0 aromatic heterocycles. The van der Waals surface area contributed by atoms with Crippen molar-refractivity contribution in [1.82, 2.24) is 9.80 Å². The van der Waals surface area contributed by atoms with Crippen LogP contribution >= 0.6 is 0 Å². The van der Waals surface area contributed by atoms with E-state index in [-0.39, 0.29) is 23.1 Å². The summed E-state index contributed by atoms with van der Waals surface area (Å²) in [5, 5.41) is 2.71. The molecule has 0 radical (unpaired) electrons. The van der Waals surface area contributed by atoms with Gasteiger partial charge in [0.15, 0.2) is 0 Å². The van der Waals surface area contributed by atoms with Crippen LogP contribution in [0.5, 0.6) is 0 Å². The fraction of sp³-hybridized carbons (Fsp3) is 0.571. The van der Waals surface area contributed by atoms with E-state index in [1.54, 1.807) is 31.4 Å². The van der Waals surface area contributed by atoms with Gasteiger partial charge in [0.25, 0.3) is 5.91 Å². The summed E-state index contributed by atoms with van der Waals surface area (Å²) in [7, 11) is 1.65. The molecule has 0 saturated carbocycles. The van der Waals surface area contributed by atoms with E-state index in [0.717, 1.165) is 25.8 Å². The van der Waals surface area contributed by atoms with Crippen LogP contribution in [-0.2, 0) is 14.3 Å². The van der Waals surface area contributed by atoms with Crippen LogP contribution in [0.3, 0.4) is 0 Å². The minimum atomic E-state index is -0.133. The average molecular weight is 387 g/mol. The number of likely N-dealkylation sites (tertiary alicyclic amines) is 2. The Bertz CT molecular complexity index is 724. The van der Waals surface area contributed by atoms with Crippen molar-refractivity contribution in [1.29, 1.82) is 0 Å². The predicted octanol–water partition coefficient (Wildman–Crippen LogP) is 2.14. The molecule has 1 N–H and O–H groups in total. The lowest BCUT2D eigenvalue weighted by Gasteiger charge is -2.47. The number of methoxy groups -OCH3 is 1. The van der Waals surface area contributed by atoms with E-state index in [1.807, 2.05) is 9.80 Å². The van der Waals surface area contributed by atoms with E-state index < -0.39 is 0 Å². The van der Waals surface area contributed by atoms with E-state index >= 15 is 0 Å². The molecular weight excluding hydrogens is 358 g/mol. The Balaban J connectivity index is 1.57. The first-order valence-corrected chi connectivity index (χ1v) is 9.86. The first-order valence-electron chi connectivity index (χ1n) is 9.86. The van der Waals surface area contributed by atoms with E-state index in [9.17, 15) is 14.4 Å². The molecule has 28 heavy (non-hydrogen) atoms. The summed E-state index contributed by atoms with van der Waals surface area (Å²) in [5.41, 5.74) is 1.43. The van der Waals surface area contributed by atoms with E-state index in [1.165, 1.54) is 6.92 Å². The van der Waals surface area contributed by atoms with Gasteiger partial charge < -0.3 is 19.9 Å². The predicted molar refractivity (Wildman–Crippen MR) is 106 cm³/mol. The third kappa shape index (κ3) is 4.70. The summed E-state index contributed by atoms with van der Waals surface area (Å²) in [6.45, 7) is 4.83. The molecule has 1 aromatic carbocycles. The van der Waals surface area contributed by atoms with Crippen molar-refractivity contribution in [3.63, 3.8) is 0 Å². The Morgan fingerprint density at radius 2 is 1.82 bits per heavy atom. The molecule has 2 saturated heterocycles. The third-order valence-corrected chi connectivity index (χ3v) is 5.88. The standard InChI is InChI=1S/C21H29N3O4/c1-16(25)22-18-5-3-17(4-6-18)20(27)23-11-9-21(10-12-23)8-7-19(26)24(15-21)13-14-28-2/h3-6H,7-15H2,1-2H3,(H,22,25). The van der Waals surface area contributed by atoms with Crippen LogP contribution < -0.4 is 5.32 Å². The molecule has 152 valence electrons. The first kappa shape index (κ1) is 20.3. The van der Waals surface area contributed by atoms with Crippen molar-refractivity contribution in [2.45, 2.75) is 32.6 Å². The maximum absolute atomic E-state index is 12.8. The molecule has 0 unspecified atom stereocenters. The van der Waals surface area contributed by atoms with Crippen molar-refractivity contribution in [2.75, 3.05) is 45.2 Å². The summed E-state index contributed by atoms with van der Waals surface area (Å²) in [4.78, 5) is 39.9. The number of piperidine rings is 2. The summed E-state index contributed by atoms with van der Waals surface area (Å²) >= 11 is 0. The highest BCUT2D eigenvalue weighted by molar-refractivity contribution is 5.95. The monoisotopic (exact) mass is 387 g/mol. The van der Waals surface area contributed by atoms with E-state index in [4.69, 9.17) is 4.74 Å². The first-order chi connectivity index (χ1) is 13.4. The Hall–Kier alpha value is -2.41. The summed E-state index contributed by atoms with van der Waals surface area (Å²) in [6, 6.07) is 7.01. The number of carbonyl (C=O) groups excluding carboxylic acids is 3. The van der Waals surface area contributed by atoms with Crippen molar-refractivity contribution in [3.8, 4) is 0 Å². The lowest BCUT2D eigenvalue weighted by Crippen LogP contribution is -2.52. The number of ether oxygens (including phenoxy) is 1. The van der Waals surface area contributed by atoms with Crippen LogP contribution in [0.1, 0.15) is 43.0 Å². The van der Waals surface area contributed by atoms with Gasteiger partial charge in [0, 0.05) is 57.9 Å². The number of benzene rings is 1. The zero-order valence-corrected chi connectivity index (χ0v) is 16.7. The lowest BCUT2D eigenvalue weighted by atomic mass is 9.72. The van der Waals surface area contributed by atoms with E-state index in [0.29, 0.717) is 43.9 Å². The summed E-state index contributed by atoms with van der Waals surface area (Å²) in [5.74, 6) is 0.0960. The van der Waals surface area contributed by atoms with E-state index in [2.05, 4.69) is 5.32 Å². The number of nitrogens with one attached hydrogen (secondary N) is 1. The Labute approximate surface area is 166 Å². The van der Waals surface area contributed by atoms with Gasteiger partial charge in [-0.25, -0.2) is 0 Å². The van der Waals surface area contributed by atoms with Gasteiger partial charge in [0.05, 0.1) is 6.61 Å². The second-order valence-electron chi connectivity index (χ2n) is 7.86. The quantitative estimate of drug-likeness (QED) is 0.840. The molecule has 2 fully saturated rings. The number of hydrogen-bond donors (Lipinski definition) is 1. The summed E-state index contributed by atoms with van der Waals surface area (Å²) in [6.07, 6.45) is 3.32. The van der Waals surface area contributed by atoms with Crippen LogP contribution in [0.25, 0.3) is 0 Å². The largest absolute Gasteiger partial charge is 0.383 e. The van der Waals surface area contributed by atoms with Gasteiger partial charge in [-0.15, -0.1) is 0 Å². The van der Waals surface area contributed by atoms with Crippen molar-refractivity contribution in [2.24, 2.45) is 5.41 Å². The number of nitrogens with zero attached hydrogens (tertiary/aromatic N) is 2. The minimum Gasteiger partial charge on any atom is -0.383 e. The normalized spacial score (nSPS) is 19.0. The molecule has 0 bridgehead atoms. The fourth-order valence-electron chi connectivity index (χ4n) is 4.18. The average Bonchev–Trinajstić information content (AvgIpc) is 2.69. The highest BCUT2D eigenvalue weighted by Crippen LogP contribution is 2.40. The molecule has 7 nitrogen and oxygen atoms in total. The number of hydrogen-bond acceptors (Lipinski definition) is 4. The topological polar surface area (TPSA) is 79.0 Å². The van der Waals surface area contributed by atoms with Gasteiger partial charge in [-0.3, -0.25) is 14.4 Å². The zero-order chi connectivity index (χ0) is 20.1. The second kappa shape index (κ2) is 8.73. The maximum Gasteiger partial charge on any atom is 0.253 e. The van der Waals surface area contributed by atoms with Gasteiger partial charge in [-0.1, -0.05) is 0 Å². The molecular formula is C21H29N3O4. The van der Waals surface area contributed by atoms with Crippen LogP contribution in [0, 0.1) is 5.41 Å². The summed E-state index contributed by atoms with van der Waals surface area (Å²) < 4.78 is 5.13. The molecule has 0 atom stereocenters. The highest BCUT2D eigenvalue weighted by atomic mass is 16.5. The molecule has 1 aromatic rings. The van der Waals surface area contributed by atoms with Crippen LogP contribution in [0.15, 0.2) is 24.3 Å². The highest BCUT2D eigenvalue weighted by Gasteiger charge is 2.41. The molecule has 7 heteroatoms. The smallest absolute Gasteiger partial charge is 0.253 e. The molecule has 2 aliphatic heterocycles. The second-order valence-corrected chi connectivity index (χ2v) is 7.86. The molecule has 2 heterocycles. The molecule has 3 rings (SSSR count). The minimum absolute atomic E-state index is 0.0207. The lowest BCUT2D eigenvalue weighted by molar-refractivity contribution is -0.139. The zero-order valence-electron chi connectivity index (χ0n) is 16.7. The number of amides is 3. The van der Waals surface area contributed by atoms with Gasteiger partial charge in [0.2, 0.25) is 11.8 Å². The molecule has 3 amide bonds. The van der Waals surface area contributed by atoms with Crippen molar-refractivity contribution >= 4 is 23.4 Å². The fourth-order valence-corrected chi connectivity index (χ4v) is 4.18. The van der Waals surface area contributed by atoms with Crippen molar-refractivity contribution < 1.29 is 19.1 Å². The number of anilines is 1. The van der Waals surface area contributed by atoms with Crippen LogP contribution in [-0.4, -0.2) is 67.4 Å². The van der Waals surface area contributed by atoms with Gasteiger partial charge in [-0.05, 0) is 48.9 Å². The van der Waals surface area contributed by atoms with Gasteiger partial charge >= 0.3 is 0 Å². The Morgan fingerprint density at radius 3 is 2.43 bits per heavy atom. The van der Waals surface area contributed by atoms with Crippen LogP contribution in [0.4, 0.5) is 5.69 Å². The Morgan fingerprint density at radius 1 is 1.14 bits per heavy atom. The number of rotatable bonds is 5. The van der Waals surface area contributed by atoms with Crippen LogP contribution in [0.2, 0.25) is 0 Å². The SMILES string of the molecule is COCCN1CC2(CCC1=O)CCN(C(=O)c1ccc(NC(C)=O)cc1)CC2. The van der Waals surface area contributed by atoms with Crippen molar-refractivity contribution in [3.05, 3.63) is 29.8 Å². The molecule has 0 aliphatic carbocycles. The Kier molecular flexibility index (Phi) is 6.34. The third-order valence-electron chi connectivity index (χ3n) is 5.88. The van der Waals surface area contributed by atoms with Gasteiger partial charge in [-0.2, -0.15) is 0 Å². The molecule has 2 aliphatic rings. The van der Waals surface area contributed by atoms with Gasteiger partial charge in [0.1, 0.15) is 0 Å².